The van der Waals surface area contributed by atoms with Gasteiger partial charge in [-0.05, 0) is 7.05 Å². The molecule has 3 saturated heterocycles. The molecule has 3 fully saturated rings. The van der Waals surface area contributed by atoms with Crippen molar-refractivity contribution < 1.29 is 38.1 Å². The van der Waals surface area contributed by atoms with E-state index < -0.39 is 66.8 Å². The van der Waals surface area contributed by atoms with Gasteiger partial charge < -0.3 is 23.7 Å². The maximum Gasteiger partial charge on any atom is 0.303 e. The van der Waals surface area contributed by atoms with Crippen molar-refractivity contribution in [2.24, 2.45) is 0 Å². The number of fused-ring (bicyclic) bond motifs is 5. The van der Waals surface area contributed by atoms with Crippen LogP contribution >= 0.6 is 0 Å². The lowest BCUT2D eigenvalue weighted by molar-refractivity contribution is -0.218. The third kappa shape index (κ3) is 3.57. The van der Waals surface area contributed by atoms with Gasteiger partial charge in [-0.15, -0.1) is 0 Å². The molecule has 30 heavy (non-hydrogen) atoms. The smallest absolute Gasteiger partial charge is 0.303 e. The zero-order valence-electron chi connectivity index (χ0n) is 17.2. The van der Waals surface area contributed by atoms with E-state index >= 15 is 0 Å². The summed E-state index contributed by atoms with van der Waals surface area (Å²) in [4.78, 5) is 37.5. The van der Waals surface area contributed by atoms with Crippen molar-refractivity contribution in [3.8, 4) is 0 Å². The molecule has 8 atom stereocenters. The lowest BCUT2D eigenvalue weighted by Crippen LogP contribution is -2.65. The van der Waals surface area contributed by atoms with Gasteiger partial charge in [0.2, 0.25) is 0 Å². The molecular weight excluding hydrogens is 394 g/mol. The number of rotatable bonds is 4. The molecule has 0 amide bonds. The Labute approximate surface area is 174 Å². The zero-order valence-corrected chi connectivity index (χ0v) is 17.2. The molecule has 162 valence electrons. The first kappa shape index (κ1) is 20.8. The number of carbonyl (C=O) groups excluding carboxylic acids is 3. The Morgan fingerprint density at radius 3 is 1.63 bits per heavy atom. The van der Waals surface area contributed by atoms with E-state index in [1.807, 2.05) is 42.3 Å². The highest BCUT2D eigenvalue weighted by Crippen LogP contribution is 2.48. The normalized spacial score (nSPS) is 37.3. The van der Waals surface area contributed by atoms with Crippen molar-refractivity contribution in [2.45, 2.75) is 69.7 Å². The van der Waals surface area contributed by atoms with E-state index in [9.17, 15) is 14.4 Å². The fourth-order valence-electron chi connectivity index (χ4n) is 4.85. The minimum Gasteiger partial charge on any atom is -0.457 e. The molecule has 0 N–H and O–H groups in total. The van der Waals surface area contributed by atoms with Crippen molar-refractivity contribution >= 4 is 17.9 Å². The van der Waals surface area contributed by atoms with Crippen molar-refractivity contribution in [2.75, 3.05) is 7.05 Å². The molecule has 0 radical (unpaired) electrons. The second kappa shape index (κ2) is 7.98. The van der Waals surface area contributed by atoms with Gasteiger partial charge in [-0.25, -0.2) is 0 Å². The number of carbonyl (C=O) groups is 3. The number of likely N-dealkylation sites (N-methyl/N-ethyl adjacent to an activating group) is 1. The number of ether oxygens (including phenoxy) is 5. The van der Waals surface area contributed by atoms with Crippen LogP contribution in [0.15, 0.2) is 30.3 Å². The molecule has 1 aromatic rings. The van der Waals surface area contributed by atoms with E-state index in [0.717, 1.165) is 5.56 Å². The first-order chi connectivity index (χ1) is 14.3. The Hall–Kier alpha value is -2.49. The largest absolute Gasteiger partial charge is 0.457 e. The van der Waals surface area contributed by atoms with Crippen molar-refractivity contribution in [1.29, 1.82) is 0 Å². The van der Waals surface area contributed by atoms with Gasteiger partial charge in [-0.3, -0.25) is 19.3 Å². The van der Waals surface area contributed by atoms with E-state index in [-0.39, 0.29) is 0 Å². The van der Waals surface area contributed by atoms with Crippen LogP contribution in [-0.2, 0) is 38.1 Å². The molecule has 9 heteroatoms. The summed E-state index contributed by atoms with van der Waals surface area (Å²) in [6.45, 7) is 3.82. The molecule has 4 rings (SSSR count). The topological polar surface area (TPSA) is 101 Å². The van der Waals surface area contributed by atoms with E-state index in [2.05, 4.69) is 0 Å². The van der Waals surface area contributed by atoms with Gasteiger partial charge in [0.1, 0.15) is 12.2 Å². The summed E-state index contributed by atoms with van der Waals surface area (Å²) in [6, 6.07) is 8.62. The van der Waals surface area contributed by atoms with Crippen LogP contribution in [0.1, 0.15) is 32.6 Å². The monoisotopic (exact) mass is 419 g/mol. The fraction of sp³-hybridized carbons (Fsp3) is 0.571. The Bertz CT molecular complexity index is 790. The summed E-state index contributed by atoms with van der Waals surface area (Å²) in [5, 5.41) is 0. The van der Waals surface area contributed by atoms with Crippen LogP contribution in [0.4, 0.5) is 0 Å². The maximum atomic E-state index is 11.9. The van der Waals surface area contributed by atoms with Gasteiger partial charge in [-0.2, -0.15) is 0 Å². The first-order valence-electron chi connectivity index (χ1n) is 9.87. The van der Waals surface area contributed by atoms with Gasteiger partial charge in [0.15, 0.2) is 24.6 Å². The van der Waals surface area contributed by atoms with Crippen molar-refractivity contribution in [3.05, 3.63) is 35.9 Å². The molecule has 0 aliphatic carbocycles. The minimum atomic E-state index is -0.963. The number of benzene rings is 1. The van der Waals surface area contributed by atoms with Gasteiger partial charge in [0, 0.05) is 26.3 Å². The molecule has 3 aliphatic heterocycles. The molecule has 1 aromatic carbocycles. The lowest BCUT2D eigenvalue weighted by Gasteiger charge is -2.46. The number of esters is 3. The number of hydrogen-bond acceptors (Lipinski definition) is 9. The maximum absolute atomic E-state index is 11.9. The van der Waals surface area contributed by atoms with Crippen LogP contribution in [-0.4, -0.2) is 72.5 Å². The second-order valence-electron chi connectivity index (χ2n) is 7.81. The Morgan fingerprint density at radius 2 is 1.20 bits per heavy atom. The summed E-state index contributed by atoms with van der Waals surface area (Å²) < 4.78 is 29.1. The minimum absolute atomic E-state index is 0.436. The predicted molar refractivity (Wildman–Crippen MR) is 101 cm³/mol. The summed E-state index contributed by atoms with van der Waals surface area (Å²) in [7, 11) is 1.83. The molecule has 9 nitrogen and oxygen atoms in total. The predicted octanol–water partition coefficient (Wildman–Crippen LogP) is 0.960. The van der Waals surface area contributed by atoms with Gasteiger partial charge in [-0.1, -0.05) is 30.3 Å². The SMILES string of the molecule is CC(=O)OC1[C@@H](OC(C)=O)[C@H]2[C@@H]3OC(c4ccccc4)O[C@@H]3[C@@H]([C@H]1OC(C)=O)N2C. The average Bonchev–Trinajstić information content (AvgIpc) is 3.17. The fourth-order valence-corrected chi connectivity index (χ4v) is 4.85. The zero-order chi connectivity index (χ0) is 21.6. The number of piperidine rings is 1. The van der Waals surface area contributed by atoms with Gasteiger partial charge >= 0.3 is 17.9 Å². The van der Waals surface area contributed by atoms with Gasteiger partial charge in [0.25, 0.3) is 0 Å². The molecule has 0 spiro atoms. The molecular formula is C21H25NO8. The van der Waals surface area contributed by atoms with Crippen LogP contribution in [0.25, 0.3) is 0 Å². The molecule has 3 aliphatic rings. The van der Waals surface area contributed by atoms with Crippen LogP contribution in [0.2, 0.25) is 0 Å². The Kier molecular flexibility index (Phi) is 5.52. The second-order valence-corrected chi connectivity index (χ2v) is 7.81. The highest BCUT2D eigenvalue weighted by Gasteiger charge is 2.68. The van der Waals surface area contributed by atoms with Crippen LogP contribution in [0.5, 0.6) is 0 Å². The third-order valence-corrected chi connectivity index (χ3v) is 5.80. The van der Waals surface area contributed by atoms with Crippen LogP contribution in [0.3, 0.4) is 0 Å². The Balaban J connectivity index is 1.71. The van der Waals surface area contributed by atoms with Crippen LogP contribution in [0, 0.1) is 0 Å². The quantitative estimate of drug-likeness (QED) is 0.522. The highest BCUT2D eigenvalue weighted by atomic mass is 16.7. The standard InChI is InChI=1S/C21H25NO8/c1-10(23)26-18-14-16-17(30-21(29-16)13-8-6-5-7-9-13)15(22(14)4)19(27-11(2)24)20(18)28-12(3)25/h5-9,14-21H,1-4H3/t14-,15+,16+,17-,18+,19-,20?,21?. The summed E-state index contributed by atoms with van der Waals surface area (Å²) in [5.41, 5.74) is 0.859. The van der Waals surface area contributed by atoms with E-state index in [1.54, 1.807) is 0 Å². The van der Waals surface area contributed by atoms with Gasteiger partial charge in [0.05, 0.1) is 12.1 Å². The molecule has 0 saturated carbocycles. The summed E-state index contributed by atoms with van der Waals surface area (Å²) >= 11 is 0. The van der Waals surface area contributed by atoms with E-state index in [4.69, 9.17) is 23.7 Å². The number of nitrogens with zero attached hydrogens (tertiary/aromatic N) is 1. The lowest BCUT2D eigenvalue weighted by atomic mass is 9.93. The number of hydrogen-bond donors (Lipinski definition) is 0. The molecule has 2 unspecified atom stereocenters. The summed E-state index contributed by atoms with van der Waals surface area (Å²) in [6.07, 6.45) is -4.26. The first-order valence-corrected chi connectivity index (χ1v) is 9.87. The molecule has 3 heterocycles. The van der Waals surface area contributed by atoms with Crippen molar-refractivity contribution in [3.63, 3.8) is 0 Å². The van der Waals surface area contributed by atoms with E-state index in [0.29, 0.717) is 0 Å². The van der Waals surface area contributed by atoms with Crippen molar-refractivity contribution in [1.82, 2.24) is 4.90 Å². The molecule has 2 bridgehead atoms. The molecule has 0 aromatic heterocycles. The third-order valence-electron chi connectivity index (χ3n) is 5.80. The van der Waals surface area contributed by atoms with Crippen LogP contribution < -0.4 is 0 Å². The highest BCUT2D eigenvalue weighted by molar-refractivity contribution is 5.68. The Morgan fingerprint density at radius 1 is 0.767 bits per heavy atom. The van der Waals surface area contributed by atoms with E-state index in [1.165, 1.54) is 20.8 Å². The summed E-state index contributed by atoms with van der Waals surface area (Å²) in [5.74, 6) is -1.63. The average molecular weight is 419 g/mol.